The maximum Gasteiger partial charge on any atom is 0.0494 e. The third-order valence-electron chi connectivity index (χ3n) is 4.64. The van der Waals surface area contributed by atoms with Crippen molar-refractivity contribution in [1.29, 1.82) is 0 Å². The number of hydrogen-bond acceptors (Lipinski definition) is 2. The topological polar surface area (TPSA) is 21.3 Å². The summed E-state index contributed by atoms with van der Waals surface area (Å²) >= 11 is 0. The molecule has 0 spiro atoms. The molecule has 0 radical (unpaired) electrons. The first kappa shape index (κ1) is 12.4. The number of ether oxygens (including phenoxy) is 1. The van der Waals surface area contributed by atoms with Crippen LogP contribution in [0.2, 0.25) is 0 Å². The number of rotatable bonds is 4. The Morgan fingerprint density at radius 1 is 1.38 bits per heavy atom. The summed E-state index contributed by atoms with van der Waals surface area (Å²) in [5, 5.41) is 3.77. The van der Waals surface area contributed by atoms with Crippen LogP contribution in [-0.4, -0.2) is 25.3 Å². The molecule has 2 aliphatic rings. The van der Waals surface area contributed by atoms with Crippen molar-refractivity contribution in [3.8, 4) is 0 Å². The maximum atomic E-state index is 5.57. The van der Waals surface area contributed by atoms with Gasteiger partial charge < -0.3 is 10.1 Å². The van der Waals surface area contributed by atoms with Gasteiger partial charge in [0, 0.05) is 18.8 Å². The van der Waals surface area contributed by atoms with Gasteiger partial charge in [-0.1, -0.05) is 13.8 Å². The third-order valence-corrected chi connectivity index (χ3v) is 4.64. The standard InChI is InChI=1S/C14H27NO/c1-12(2)14(7-4-9-15-14)8-6-13-5-3-10-16-11-13/h12-13,15H,3-11H2,1-2H3. The van der Waals surface area contributed by atoms with E-state index in [4.69, 9.17) is 4.74 Å². The highest BCUT2D eigenvalue weighted by Crippen LogP contribution is 2.34. The highest BCUT2D eigenvalue weighted by Gasteiger charge is 2.36. The molecule has 2 heteroatoms. The molecule has 2 nitrogen and oxygen atoms in total. The Morgan fingerprint density at radius 3 is 2.81 bits per heavy atom. The van der Waals surface area contributed by atoms with Crippen molar-refractivity contribution in [3.05, 3.63) is 0 Å². The lowest BCUT2D eigenvalue weighted by Crippen LogP contribution is -2.45. The molecule has 0 aromatic carbocycles. The van der Waals surface area contributed by atoms with E-state index in [0.29, 0.717) is 5.54 Å². The monoisotopic (exact) mass is 225 g/mol. The van der Waals surface area contributed by atoms with Gasteiger partial charge in [0.2, 0.25) is 0 Å². The van der Waals surface area contributed by atoms with Crippen molar-refractivity contribution < 1.29 is 4.74 Å². The number of hydrogen-bond donors (Lipinski definition) is 1. The minimum Gasteiger partial charge on any atom is -0.381 e. The molecule has 0 aromatic heterocycles. The minimum absolute atomic E-state index is 0.442. The zero-order chi connectivity index (χ0) is 11.4. The van der Waals surface area contributed by atoms with Crippen LogP contribution < -0.4 is 5.32 Å². The van der Waals surface area contributed by atoms with E-state index in [0.717, 1.165) is 25.0 Å². The summed E-state index contributed by atoms with van der Waals surface area (Å²) in [6.07, 6.45) is 8.09. The van der Waals surface area contributed by atoms with Gasteiger partial charge in [0.15, 0.2) is 0 Å². The lowest BCUT2D eigenvalue weighted by atomic mass is 9.78. The van der Waals surface area contributed by atoms with Crippen LogP contribution in [0.1, 0.15) is 52.4 Å². The van der Waals surface area contributed by atoms with E-state index in [9.17, 15) is 0 Å². The SMILES string of the molecule is CC(C)C1(CCC2CCCOC2)CCCN1. The van der Waals surface area contributed by atoms with Crippen molar-refractivity contribution in [2.24, 2.45) is 11.8 Å². The predicted octanol–water partition coefficient (Wildman–Crippen LogP) is 2.97. The van der Waals surface area contributed by atoms with Gasteiger partial charge in [0.05, 0.1) is 0 Å². The molecule has 0 bridgehead atoms. The van der Waals surface area contributed by atoms with E-state index in [1.807, 2.05) is 0 Å². The van der Waals surface area contributed by atoms with E-state index in [2.05, 4.69) is 19.2 Å². The fourth-order valence-electron chi connectivity index (χ4n) is 3.32. The molecule has 1 N–H and O–H groups in total. The normalized spacial score (nSPS) is 35.8. The highest BCUT2D eigenvalue weighted by atomic mass is 16.5. The zero-order valence-electron chi connectivity index (χ0n) is 10.9. The van der Waals surface area contributed by atoms with Crippen LogP contribution >= 0.6 is 0 Å². The lowest BCUT2D eigenvalue weighted by molar-refractivity contribution is 0.0461. The van der Waals surface area contributed by atoms with Crippen molar-refractivity contribution in [2.75, 3.05) is 19.8 Å². The van der Waals surface area contributed by atoms with Crippen LogP contribution in [-0.2, 0) is 4.74 Å². The average Bonchev–Trinajstić information content (AvgIpc) is 2.78. The van der Waals surface area contributed by atoms with Crippen molar-refractivity contribution in [2.45, 2.75) is 57.9 Å². The highest BCUT2D eigenvalue weighted by molar-refractivity contribution is 4.95. The van der Waals surface area contributed by atoms with Crippen LogP contribution in [0.15, 0.2) is 0 Å². The molecule has 2 fully saturated rings. The smallest absolute Gasteiger partial charge is 0.0494 e. The van der Waals surface area contributed by atoms with E-state index in [1.54, 1.807) is 0 Å². The lowest BCUT2D eigenvalue weighted by Gasteiger charge is -2.36. The molecule has 2 saturated heterocycles. The quantitative estimate of drug-likeness (QED) is 0.794. The molecular formula is C14H27NO. The van der Waals surface area contributed by atoms with Crippen LogP contribution in [0.3, 0.4) is 0 Å². The maximum absolute atomic E-state index is 5.57. The molecule has 16 heavy (non-hydrogen) atoms. The summed E-state index contributed by atoms with van der Waals surface area (Å²) in [5.74, 6) is 1.59. The van der Waals surface area contributed by atoms with Crippen LogP contribution in [0, 0.1) is 11.8 Å². The zero-order valence-corrected chi connectivity index (χ0v) is 10.9. The van der Waals surface area contributed by atoms with E-state index >= 15 is 0 Å². The first-order valence-corrected chi connectivity index (χ1v) is 7.06. The summed E-state index contributed by atoms with van der Waals surface area (Å²) in [7, 11) is 0. The average molecular weight is 225 g/mol. The molecule has 0 amide bonds. The third kappa shape index (κ3) is 2.78. The molecule has 0 aliphatic carbocycles. The summed E-state index contributed by atoms with van der Waals surface area (Å²) in [5.41, 5.74) is 0.442. The van der Waals surface area contributed by atoms with Crippen molar-refractivity contribution in [1.82, 2.24) is 5.32 Å². The second-order valence-electron chi connectivity index (χ2n) is 5.96. The first-order valence-electron chi connectivity index (χ1n) is 7.06. The summed E-state index contributed by atoms with van der Waals surface area (Å²) in [6.45, 7) is 7.96. The van der Waals surface area contributed by atoms with E-state index in [1.165, 1.54) is 45.1 Å². The van der Waals surface area contributed by atoms with Gasteiger partial charge in [0.1, 0.15) is 0 Å². The Morgan fingerprint density at radius 2 is 2.25 bits per heavy atom. The van der Waals surface area contributed by atoms with Crippen molar-refractivity contribution >= 4 is 0 Å². The Labute approximate surface area is 100 Å². The molecule has 2 rings (SSSR count). The second-order valence-corrected chi connectivity index (χ2v) is 5.96. The molecule has 2 unspecified atom stereocenters. The molecule has 0 aromatic rings. The number of nitrogens with one attached hydrogen (secondary N) is 1. The molecule has 2 atom stereocenters. The van der Waals surface area contributed by atoms with Gasteiger partial charge in [-0.15, -0.1) is 0 Å². The van der Waals surface area contributed by atoms with Gasteiger partial charge in [-0.25, -0.2) is 0 Å². The van der Waals surface area contributed by atoms with E-state index in [-0.39, 0.29) is 0 Å². The Balaban J connectivity index is 1.81. The molecule has 2 heterocycles. The Kier molecular flexibility index (Phi) is 4.26. The fraction of sp³-hybridized carbons (Fsp3) is 1.00. The second kappa shape index (κ2) is 5.50. The summed E-state index contributed by atoms with van der Waals surface area (Å²) in [6, 6.07) is 0. The van der Waals surface area contributed by atoms with Gasteiger partial charge in [0.25, 0.3) is 0 Å². The summed E-state index contributed by atoms with van der Waals surface area (Å²) in [4.78, 5) is 0. The molecular weight excluding hydrogens is 198 g/mol. The van der Waals surface area contributed by atoms with E-state index < -0.39 is 0 Å². The molecule has 94 valence electrons. The van der Waals surface area contributed by atoms with Crippen LogP contribution in [0.5, 0.6) is 0 Å². The minimum atomic E-state index is 0.442. The van der Waals surface area contributed by atoms with Gasteiger partial charge in [-0.2, -0.15) is 0 Å². The molecule has 2 aliphatic heterocycles. The van der Waals surface area contributed by atoms with Crippen molar-refractivity contribution in [3.63, 3.8) is 0 Å². The predicted molar refractivity (Wildman–Crippen MR) is 67.6 cm³/mol. The van der Waals surface area contributed by atoms with Crippen LogP contribution in [0.25, 0.3) is 0 Å². The molecule has 0 saturated carbocycles. The van der Waals surface area contributed by atoms with Gasteiger partial charge >= 0.3 is 0 Å². The first-order chi connectivity index (χ1) is 7.73. The van der Waals surface area contributed by atoms with Crippen LogP contribution in [0.4, 0.5) is 0 Å². The fourth-order valence-corrected chi connectivity index (χ4v) is 3.32. The van der Waals surface area contributed by atoms with Gasteiger partial charge in [-0.3, -0.25) is 0 Å². The van der Waals surface area contributed by atoms with Gasteiger partial charge in [-0.05, 0) is 56.9 Å². The Hall–Kier alpha value is -0.0800. The largest absolute Gasteiger partial charge is 0.381 e. The summed E-state index contributed by atoms with van der Waals surface area (Å²) < 4.78 is 5.57. The Bertz CT molecular complexity index is 203.